The summed E-state index contributed by atoms with van der Waals surface area (Å²) >= 11 is 3.07. The van der Waals surface area contributed by atoms with Crippen molar-refractivity contribution in [3.05, 3.63) is 70.4 Å². The van der Waals surface area contributed by atoms with E-state index < -0.39 is 6.04 Å². The zero-order valence-corrected chi connectivity index (χ0v) is 18.6. The standard InChI is InChI=1S/C24H21N3O2S2/c1-15-6-11-18-21(14-15)31-23(26-18)16-7-9-17(10-8-16)25-22(28)19-4-2-12-27(19)24(29)20-5-3-13-30-20/h3,5-11,13-14,19H,2,4,12H2,1H3,(H,25,28). The second-order valence-electron chi connectivity index (χ2n) is 7.69. The normalized spacial score (nSPS) is 16.0. The fourth-order valence-electron chi connectivity index (χ4n) is 3.90. The van der Waals surface area contributed by atoms with Crippen LogP contribution in [0.3, 0.4) is 0 Å². The number of nitrogens with one attached hydrogen (secondary N) is 1. The molecule has 0 spiro atoms. The molecule has 0 saturated carbocycles. The number of likely N-dealkylation sites (tertiary alicyclic amines) is 1. The van der Waals surface area contributed by atoms with Crippen LogP contribution in [-0.2, 0) is 4.79 Å². The summed E-state index contributed by atoms with van der Waals surface area (Å²) in [5.74, 6) is -0.195. The van der Waals surface area contributed by atoms with Crippen molar-refractivity contribution < 1.29 is 9.59 Å². The van der Waals surface area contributed by atoms with Gasteiger partial charge in [-0.25, -0.2) is 4.98 Å². The summed E-state index contributed by atoms with van der Waals surface area (Å²) in [6.07, 6.45) is 1.53. The molecule has 3 heterocycles. The molecule has 31 heavy (non-hydrogen) atoms. The summed E-state index contributed by atoms with van der Waals surface area (Å²) in [6, 6.07) is 17.2. The van der Waals surface area contributed by atoms with Crippen molar-refractivity contribution in [3.8, 4) is 10.6 Å². The first kappa shape index (κ1) is 19.9. The van der Waals surface area contributed by atoms with Crippen LogP contribution in [0.5, 0.6) is 0 Å². The lowest BCUT2D eigenvalue weighted by molar-refractivity contribution is -0.119. The van der Waals surface area contributed by atoms with Crippen LogP contribution in [0.2, 0.25) is 0 Å². The van der Waals surface area contributed by atoms with Gasteiger partial charge in [0.15, 0.2) is 0 Å². The average Bonchev–Trinajstić information content (AvgIpc) is 3.53. The topological polar surface area (TPSA) is 62.3 Å². The molecule has 2 aromatic carbocycles. The Morgan fingerprint density at radius 3 is 2.74 bits per heavy atom. The molecule has 2 amide bonds. The molecule has 1 aliphatic heterocycles. The molecule has 1 unspecified atom stereocenters. The van der Waals surface area contributed by atoms with Gasteiger partial charge in [-0.1, -0.05) is 12.1 Å². The van der Waals surface area contributed by atoms with Crippen LogP contribution in [0.15, 0.2) is 60.0 Å². The summed E-state index contributed by atoms with van der Waals surface area (Å²) in [7, 11) is 0. The van der Waals surface area contributed by atoms with Crippen LogP contribution >= 0.6 is 22.7 Å². The van der Waals surface area contributed by atoms with Crippen molar-refractivity contribution in [2.75, 3.05) is 11.9 Å². The highest BCUT2D eigenvalue weighted by Crippen LogP contribution is 2.31. The van der Waals surface area contributed by atoms with Gasteiger partial charge in [-0.15, -0.1) is 22.7 Å². The van der Waals surface area contributed by atoms with E-state index in [1.807, 2.05) is 47.8 Å². The van der Waals surface area contributed by atoms with Crippen LogP contribution < -0.4 is 5.32 Å². The highest BCUT2D eigenvalue weighted by molar-refractivity contribution is 7.21. The Bertz CT molecular complexity index is 1250. The summed E-state index contributed by atoms with van der Waals surface area (Å²) in [5.41, 5.74) is 3.97. The van der Waals surface area contributed by atoms with Crippen molar-refractivity contribution >= 4 is 50.4 Å². The average molecular weight is 448 g/mol. The minimum atomic E-state index is -0.429. The van der Waals surface area contributed by atoms with Gasteiger partial charge in [-0.2, -0.15) is 0 Å². The molecule has 1 N–H and O–H groups in total. The molecule has 0 aliphatic carbocycles. The molecule has 1 fully saturated rings. The Morgan fingerprint density at radius 1 is 1.13 bits per heavy atom. The maximum Gasteiger partial charge on any atom is 0.264 e. The number of aromatic nitrogens is 1. The lowest BCUT2D eigenvalue weighted by Crippen LogP contribution is -2.42. The molecule has 7 heteroatoms. The lowest BCUT2D eigenvalue weighted by Gasteiger charge is -2.23. The Kier molecular flexibility index (Phi) is 5.29. The molecular formula is C24H21N3O2S2. The van der Waals surface area contributed by atoms with E-state index >= 15 is 0 Å². The maximum atomic E-state index is 12.9. The first-order valence-electron chi connectivity index (χ1n) is 10.2. The first-order valence-corrected chi connectivity index (χ1v) is 11.9. The van der Waals surface area contributed by atoms with Crippen LogP contribution in [0.1, 0.15) is 28.1 Å². The predicted octanol–water partition coefficient (Wildman–Crippen LogP) is 5.58. The Hall–Kier alpha value is -3.03. The third kappa shape index (κ3) is 3.98. The quantitative estimate of drug-likeness (QED) is 0.444. The molecule has 1 atom stereocenters. The molecule has 0 radical (unpaired) electrons. The van der Waals surface area contributed by atoms with E-state index in [2.05, 4.69) is 24.4 Å². The van der Waals surface area contributed by atoms with Crippen molar-refractivity contribution in [1.29, 1.82) is 0 Å². The van der Waals surface area contributed by atoms with Crippen molar-refractivity contribution in [1.82, 2.24) is 9.88 Å². The molecule has 1 saturated heterocycles. The molecule has 5 nitrogen and oxygen atoms in total. The number of fused-ring (bicyclic) bond motifs is 1. The van der Waals surface area contributed by atoms with E-state index in [9.17, 15) is 9.59 Å². The van der Waals surface area contributed by atoms with Crippen LogP contribution in [0.25, 0.3) is 20.8 Å². The van der Waals surface area contributed by atoms with Crippen molar-refractivity contribution in [3.63, 3.8) is 0 Å². The molecular weight excluding hydrogens is 426 g/mol. The zero-order chi connectivity index (χ0) is 21.4. The molecule has 156 valence electrons. The van der Waals surface area contributed by atoms with E-state index in [4.69, 9.17) is 4.98 Å². The summed E-state index contributed by atoms with van der Waals surface area (Å²) in [6.45, 7) is 2.70. The number of hydrogen-bond donors (Lipinski definition) is 1. The number of aryl methyl sites for hydroxylation is 1. The van der Waals surface area contributed by atoms with Crippen molar-refractivity contribution in [2.24, 2.45) is 0 Å². The number of nitrogens with zero attached hydrogens (tertiary/aromatic N) is 2. The van der Waals surface area contributed by atoms with E-state index in [1.54, 1.807) is 16.2 Å². The third-order valence-corrected chi connectivity index (χ3v) is 7.42. The molecule has 4 aromatic rings. The largest absolute Gasteiger partial charge is 0.326 e. The summed E-state index contributed by atoms with van der Waals surface area (Å²) < 4.78 is 1.17. The van der Waals surface area contributed by atoms with Gasteiger partial charge in [0.1, 0.15) is 11.0 Å². The number of carbonyl (C=O) groups is 2. The predicted molar refractivity (Wildman–Crippen MR) is 127 cm³/mol. The minimum Gasteiger partial charge on any atom is -0.326 e. The van der Waals surface area contributed by atoms with E-state index in [0.717, 1.165) is 28.2 Å². The fraction of sp³-hybridized carbons (Fsp3) is 0.208. The van der Waals surface area contributed by atoms with Gasteiger partial charge in [0.2, 0.25) is 5.91 Å². The fourth-order valence-corrected chi connectivity index (χ4v) is 5.65. The monoisotopic (exact) mass is 447 g/mol. The van der Waals surface area contributed by atoms with E-state index in [1.165, 1.54) is 21.6 Å². The molecule has 0 bridgehead atoms. The summed E-state index contributed by atoms with van der Waals surface area (Å²) in [4.78, 5) is 32.7. The number of carbonyl (C=O) groups excluding carboxylic acids is 2. The minimum absolute atomic E-state index is 0.0610. The van der Waals surface area contributed by atoms with Gasteiger partial charge in [0.05, 0.1) is 15.1 Å². The van der Waals surface area contributed by atoms with Gasteiger partial charge in [-0.05, 0) is 73.2 Å². The smallest absolute Gasteiger partial charge is 0.264 e. The molecule has 5 rings (SSSR count). The maximum absolute atomic E-state index is 12.9. The van der Waals surface area contributed by atoms with Gasteiger partial charge in [0.25, 0.3) is 5.91 Å². The second-order valence-corrected chi connectivity index (χ2v) is 9.67. The molecule has 2 aromatic heterocycles. The van der Waals surface area contributed by atoms with Gasteiger partial charge in [0, 0.05) is 17.8 Å². The second kappa shape index (κ2) is 8.24. The third-order valence-electron chi connectivity index (χ3n) is 5.49. The Morgan fingerprint density at radius 2 is 1.97 bits per heavy atom. The van der Waals surface area contributed by atoms with Crippen LogP contribution in [-0.4, -0.2) is 34.3 Å². The highest BCUT2D eigenvalue weighted by atomic mass is 32.1. The van der Waals surface area contributed by atoms with Gasteiger partial charge >= 0.3 is 0 Å². The van der Waals surface area contributed by atoms with E-state index in [-0.39, 0.29) is 11.8 Å². The van der Waals surface area contributed by atoms with Gasteiger partial charge < -0.3 is 10.2 Å². The van der Waals surface area contributed by atoms with E-state index in [0.29, 0.717) is 17.8 Å². The Labute approximate surface area is 188 Å². The Balaban J connectivity index is 1.29. The number of rotatable bonds is 4. The first-order chi connectivity index (χ1) is 15.1. The van der Waals surface area contributed by atoms with Gasteiger partial charge in [-0.3, -0.25) is 9.59 Å². The number of thiophene rings is 1. The van der Waals surface area contributed by atoms with Crippen LogP contribution in [0.4, 0.5) is 5.69 Å². The number of anilines is 1. The van der Waals surface area contributed by atoms with Crippen LogP contribution in [0, 0.1) is 6.92 Å². The zero-order valence-electron chi connectivity index (χ0n) is 17.0. The highest BCUT2D eigenvalue weighted by Gasteiger charge is 2.34. The SMILES string of the molecule is Cc1ccc2nc(-c3ccc(NC(=O)C4CCCN4C(=O)c4cccs4)cc3)sc2c1. The van der Waals surface area contributed by atoms with Crippen molar-refractivity contribution in [2.45, 2.75) is 25.8 Å². The number of benzene rings is 2. The number of thiazole rings is 1. The molecule has 1 aliphatic rings. The number of amides is 2. The lowest BCUT2D eigenvalue weighted by atomic mass is 10.1. The number of hydrogen-bond acceptors (Lipinski definition) is 5. The summed E-state index contributed by atoms with van der Waals surface area (Å²) in [5, 5.41) is 5.82.